The van der Waals surface area contributed by atoms with Gasteiger partial charge in [0.05, 0.1) is 11.1 Å². The smallest absolute Gasteiger partial charge is 0.273 e. The van der Waals surface area contributed by atoms with Crippen LogP contribution in [0.5, 0.6) is 5.75 Å². The molecule has 0 aliphatic carbocycles. The minimum absolute atomic E-state index is 0.0728. The molecule has 0 saturated carbocycles. The summed E-state index contributed by atoms with van der Waals surface area (Å²) < 4.78 is 0.661. The molecular weight excluding hydrogens is 407 g/mol. The molecule has 0 radical (unpaired) electrons. The summed E-state index contributed by atoms with van der Waals surface area (Å²) in [6.45, 7) is 0. The van der Waals surface area contributed by atoms with Crippen molar-refractivity contribution in [2.24, 2.45) is 0 Å². The van der Waals surface area contributed by atoms with Crippen molar-refractivity contribution in [3.8, 4) is 5.75 Å². The van der Waals surface area contributed by atoms with Crippen LogP contribution < -0.4 is 10.9 Å². The number of para-hydroxylation sites is 1. The second-order valence-corrected chi connectivity index (χ2v) is 5.65. The fourth-order valence-corrected chi connectivity index (χ4v) is 2.70. The summed E-state index contributed by atoms with van der Waals surface area (Å²) in [5.74, 6) is -1.24. The van der Waals surface area contributed by atoms with Gasteiger partial charge in [0, 0.05) is 8.59 Å². The SMILES string of the molecule is O=C(NNC(=O)c1ccc(Cl)cc1I)c1ccccc1O. The summed E-state index contributed by atoms with van der Waals surface area (Å²) in [4.78, 5) is 23.8. The molecule has 5 nitrogen and oxygen atoms in total. The van der Waals surface area contributed by atoms with Crippen molar-refractivity contribution in [2.75, 3.05) is 0 Å². The number of rotatable bonds is 2. The lowest BCUT2D eigenvalue weighted by molar-refractivity contribution is 0.0844. The standard InChI is InChI=1S/C14H10ClIN2O3/c15-8-5-6-9(11(16)7-8)13(20)17-18-14(21)10-3-1-2-4-12(10)19/h1-7,19H,(H,17,20)(H,18,21). The molecule has 0 fully saturated rings. The van der Waals surface area contributed by atoms with Gasteiger partial charge in [-0.1, -0.05) is 23.7 Å². The van der Waals surface area contributed by atoms with Gasteiger partial charge in [-0.3, -0.25) is 20.4 Å². The van der Waals surface area contributed by atoms with E-state index in [1.165, 1.54) is 12.1 Å². The molecule has 2 amide bonds. The summed E-state index contributed by atoms with van der Waals surface area (Å²) in [7, 11) is 0. The lowest BCUT2D eigenvalue weighted by atomic mass is 10.2. The molecule has 3 N–H and O–H groups in total. The third kappa shape index (κ3) is 3.85. The number of carbonyl (C=O) groups is 2. The first-order valence-electron chi connectivity index (χ1n) is 5.83. The lowest BCUT2D eigenvalue weighted by Crippen LogP contribution is -2.41. The number of hydrogen-bond acceptors (Lipinski definition) is 3. The van der Waals surface area contributed by atoms with Crippen LogP contribution >= 0.6 is 34.2 Å². The zero-order valence-electron chi connectivity index (χ0n) is 10.6. The molecule has 2 rings (SSSR count). The molecule has 0 bridgehead atoms. The van der Waals surface area contributed by atoms with Crippen molar-refractivity contribution < 1.29 is 14.7 Å². The van der Waals surface area contributed by atoms with E-state index < -0.39 is 11.8 Å². The Balaban J connectivity index is 2.04. The van der Waals surface area contributed by atoms with E-state index in [4.69, 9.17) is 11.6 Å². The number of carbonyl (C=O) groups excluding carboxylic acids is 2. The molecule has 0 aromatic heterocycles. The van der Waals surface area contributed by atoms with E-state index in [-0.39, 0.29) is 11.3 Å². The number of aromatic hydroxyl groups is 1. The molecule has 2 aromatic carbocycles. The number of amides is 2. The highest BCUT2D eigenvalue weighted by atomic mass is 127. The van der Waals surface area contributed by atoms with E-state index >= 15 is 0 Å². The predicted molar refractivity (Wildman–Crippen MR) is 87.2 cm³/mol. The first-order valence-corrected chi connectivity index (χ1v) is 7.28. The zero-order chi connectivity index (χ0) is 15.4. The van der Waals surface area contributed by atoms with Crippen molar-refractivity contribution >= 4 is 46.0 Å². The van der Waals surface area contributed by atoms with E-state index in [1.807, 2.05) is 22.6 Å². The third-order valence-electron chi connectivity index (χ3n) is 2.61. The number of phenolic OH excluding ortho intramolecular Hbond substituents is 1. The van der Waals surface area contributed by atoms with E-state index in [2.05, 4.69) is 10.9 Å². The van der Waals surface area contributed by atoms with Crippen LogP contribution in [0, 0.1) is 3.57 Å². The van der Waals surface area contributed by atoms with Crippen LogP contribution in [0.25, 0.3) is 0 Å². The number of phenols is 1. The molecule has 2 aromatic rings. The Hall–Kier alpha value is -1.80. The maximum atomic E-state index is 12.0. The second-order valence-electron chi connectivity index (χ2n) is 4.05. The molecule has 0 heterocycles. The maximum Gasteiger partial charge on any atom is 0.273 e. The largest absolute Gasteiger partial charge is 0.507 e. The normalized spacial score (nSPS) is 10.0. The number of nitrogens with one attached hydrogen (secondary N) is 2. The van der Waals surface area contributed by atoms with Crippen LogP contribution in [0.4, 0.5) is 0 Å². The Labute approximate surface area is 139 Å². The maximum absolute atomic E-state index is 12.0. The summed E-state index contributed by atoms with van der Waals surface area (Å²) >= 11 is 7.79. The fourth-order valence-electron chi connectivity index (χ4n) is 1.59. The van der Waals surface area contributed by atoms with E-state index in [9.17, 15) is 14.7 Å². The summed E-state index contributed by atoms with van der Waals surface area (Å²) in [5, 5.41) is 10.1. The van der Waals surface area contributed by atoms with Gasteiger partial charge in [0.25, 0.3) is 11.8 Å². The van der Waals surface area contributed by atoms with Gasteiger partial charge in [-0.15, -0.1) is 0 Å². The molecule has 7 heteroatoms. The van der Waals surface area contributed by atoms with Crippen molar-refractivity contribution in [3.63, 3.8) is 0 Å². The third-order valence-corrected chi connectivity index (χ3v) is 3.74. The van der Waals surface area contributed by atoms with Gasteiger partial charge in [0.1, 0.15) is 5.75 Å². The van der Waals surface area contributed by atoms with Crippen LogP contribution in [0.3, 0.4) is 0 Å². The molecule has 0 aliphatic rings. The van der Waals surface area contributed by atoms with Crippen LogP contribution in [0.1, 0.15) is 20.7 Å². The fraction of sp³-hybridized carbons (Fsp3) is 0. The summed E-state index contributed by atoms with van der Waals surface area (Å²) in [6, 6.07) is 10.8. The van der Waals surface area contributed by atoms with Crippen LogP contribution in [-0.4, -0.2) is 16.9 Å². The van der Waals surface area contributed by atoms with Gasteiger partial charge in [0.2, 0.25) is 0 Å². The Kier molecular flexibility index (Phi) is 5.03. The highest BCUT2D eigenvalue weighted by Gasteiger charge is 2.13. The van der Waals surface area contributed by atoms with E-state index in [1.54, 1.807) is 30.3 Å². The minimum Gasteiger partial charge on any atom is -0.507 e. The number of hydrazine groups is 1. The van der Waals surface area contributed by atoms with Gasteiger partial charge in [-0.25, -0.2) is 0 Å². The van der Waals surface area contributed by atoms with Crippen LogP contribution in [0.15, 0.2) is 42.5 Å². The molecule has 0 unspecified atom stereocenters. The Bertz CT molecular complexity index is 706. The Morgan fingerprint density at radius 1 is 1.00 bits per heavy atom. The molecule has 0 aliphatic heterocycles. The highest BCUT2D eigenvalue weighted by Crippen LogP contribution is 2.18. The van der Waals surface area contributed by atoms with Gasteiger partial charge in [-0.2, -0.15) is 0 Å². The first kappa shape index (κ1) is 15.6. The van der Waals surface area contributed by atoms with Crippen LogP contribution in [-0.2, 0) is 0 Å². The van der Waals surface area contributed by atoms with Gasteiger partial charge >= 0.3 is 0 Å². The Morgan fingerprint density at radius 2 is 1.62 bits per heavy atom. The van der Waals surface area contributed by atoms with Gasteiger partial charge in [-0.05, 0) is 52.9 Å². The Morgan fingerprint density at radius 3 is 2.24 bits per heavy atom. The van der Waals surface area contributed by atoms with Crippen molar-refractivity contribution in [1.29, 1.82) is 0 Å². The van der Waals surface area contributed by atoms with Crippen molar-refractivity contribution in [1.82, 2.24) is 10.9 Å². The van der Waals surface area contributed by atoms with Crippen molar-refractivity contribution in [2.45, 2.75) is 0 Å². The van der Waals surface area contributed by atoms with Gasteiger partial charge in [0.15, 0.2) is 0 Å². The predicted octanol–water partition coefficient (Wildman–Crippen LogP) is 2.73. The molecule has 0 spiro atoms. The second kappa shape index (κ2) is 6.77. The molecule has 108 valence electrons. The quantitative estimate of drug-likeness (QED) is 0.520. The van der Waals surface area contributed by atoms with Crippen LogP contribution in [0.2, 0.25) is 5.02 Å². The zero-order valence-corrected chi connectivity index (χ0v) is 13.5. The lowest BCUT2D eigenvalue weighted by Gasteiger charge is -2.09. The number of halogens is 2. The van der Waals surface area contributed by atoms with Gasteiger partial charge < -0.3 is 5.11 Å². The first-order chi connectivity index (χ1) is 9.99. The monoisotopic (exact) mass is 416 g/mol. The number of hydrogen-bond donors (Lipinski definition) is 3. The van der Waals surface area contributed by atoms with E-state index in [0.717, 1.165) is 0 Å². The summed E-state index contributed by atoms with van der Waals surface area (Å²) in [5.41, 5.74) is 4.99. The molecule has 0 saturated heterocycles. The molecule has 0 atom stereocenters. The number of benzene rings is 2. The molecular formula is C14H10ClIN2O3. The average Bonchev–Trinajstić information content (AvgIpc) is 2.45. The minimum atomic E-state index is -0.606. The average molecular weight is 417 g/mol. The van der Waals surface area contributed by atoms with Crippen molar-refractivity contribution in [3.05, 3.63) is 62.2 Å². The van der Waals surface area contributed by atoms with E-state index in [0.29, 0.717) is 14.2 Å². The molecule has 21 heavy (non-hydrogen) atoms. The highest BCUT2D eigenvalue weighted by molar-refractivity contribution is 14.1. The topological polar surface area (TPSA) is 78.4 Å². The summed E-state index contributed by atoms with van der Waals surface area (Å²) in [6.07, 6.45) is 0.